The zero-order chi connectivity index (χ0) is 18.1. The van der Waals surface area contributed by atoms with Gasteiger partial charge in [-0.15, -0.1) is 12.4 Å². The van der Waals surface area contributed by atoms with E-state index in [0.29, 0.717) is 26.2 Å². The summed E-state index contributed by atoms with van der Waals surface area (Å²) in [6, 6.07) is 4.13. The van der Waals surface area contributed by atoms with Gasteiger partial charge in [0.15, 0.2) is 0 Å². The van der Waals surface area contributed by atoms with Gasteiger partial charge in [-0.25, -0.2) is 0 Å². The van der Waals surface area contributed by atoms with E-state index in [1.807, 2.05) is 20.8 Å². The molecule has 2 heterocycles. The smallest absolute Gasteiger partial charge is 0.227 e. The highest BCUT2D eigenvalue weighted by Gasteiger charge is 2.36. The quantitative estimate of drug-likeness (QED) is 0.729. The first-order valence-electron chi connectivity index (χ1n) is 8.91. The van der Waals surface area contributed by atoms with Crippen LogP contribution in [0.25, 0.3) is 0 Å². The number of halogens is 1. The molecule has 2 saturated heterocycles. The molecule has 3 N–H and O–H groups in total. The van der Waals surface area contributed by atoms with Gasteiger partial charge >= 0.3 is 0 Å². The third kappa shape index (κ3) is 4.19. The number of hydrogen-bond acceptors (Lipinski definition) is 4. The maximum atomic E-state index is 12.5. The Hall–Kier alpha value is -1.63. The molecule has 0 radical (unpaired) electrons. The molecule has 2 fully saturated rings. The van der Waals surface area contributed by atoms with E-state index in [2.05, 4.69) is 22.8 Å². The van der Waals surface area contributed by atoms with Gasteiger partial charge in [0.1, 0.15) is 0 Å². The molecule has 0 aliphatic carbocycles. The largest absolute Gasteiger partial charge is 0.391 e. The molecule has 0 spiro atoms. The lowest BCUT2D eigenvalue weighted by molar-refractivity contribution is -0.126. The summed E-state index contributed by atoms with van der Waals surface area (Å²) in [4.78, 5) is 26.7. The number of rotatable bonds is 4. The third-order valence-electron chi connectivity index (χ3n) is 5.24. The SMILES string of the molecule is Cc1cc(C)c(N2CC(C(=O)NCC3CNCC3O)CC2=O)c(C)c1.Cl. The van der Waals surface area contributed by atoms with Gasteiger partial charge in [0.25, 0.3) is 0 Å². The number of anilines is 1. The number of aliphatic hydroxyl groups excluding tert-OH is 1. The van der Waals surface area contributed by atoms with Gasteiger partial charge in [-0.2, -0.15) is 0 Å². The van der Waals surface area contributed by atoms with Crippen LogP contribution in [0, 0.1) is 32.6 Å². The van der Waals surface area contributed by atoms with Crippen LogP contribution in [0.1, 0.15) is 23.1 Å². The Kier molecular flexibility index (Phi) is 6.66. The number of aryl methyl sites for hydroxylation is 3. The second-order valence-electron chi connectivity index (χ2n) is 7.38. The predicted molar refractivity (Wildman–Crippen MR) is 104 cm³/mol. The molecule has 1 aromatic rings. The number of carbonyl (C=O) groups is 2. The molecule has 6 nitrogen and oxygen atoms in total. The Bertz CT molecular complexity index is 672. The van der Waals surface area contributed by atoms with Gasteiger partial charge in [0.05, 0.1) is 12.0 Å². The number of β-amino-alcohol motifs (C(OH)–C–C–N with tert-alkyl or cyclic N) is 1. The molecule has 1 aromatic carbocycles. The highest BCUT2D eigenvalue weighted by Crippen LogP contribution is 2.31. The van der Waals surface area contributed by atoms with Crippen molar-refractivity contribution in [1.29, 1.82) is 0 Å². The first-order chi connectivity index (χ1) is 11.9. The van der Waals surface area contributed by atoms with E-state index in [9.17, 15) is 14.7 Å². The summed E-state index contributed by atoms with van der Waals surface area (Å²) in [5, 5.41) is 15.8. The fourth-order valence-electron chi connectivity index (χ4n) is 4.00. The lowest BCUT2D eigenvalue weighted by Gasteiger charge is -2.22. The second-order valence-corrected chi connectivity index (χ2v) is 7.38. The van der Waals surface area contributed by atoms with Crippen molar-refractivity contribution in [2.45, 2.75) is 33.3 Å². The zero-order valence-electron chi connectivity index (χ0n) is 15.5. The maximum absolute atomic E-state index is 12.5. The normalized spacial score (nSPS) is 25.3. The average Bonchev–Trinajstić information content (AvgIpc) is 3.10. The van der Waals surface area contributed by atoms with Crippen molar-refractivity contribution < 1.29 is 14.7 Å². The number of nitrogens with zero attached hydrogens (tertiary/aromatic N) is 1. The van der Waals surface area contributed by atoms with Crippen LogP contribution in [-0.4, -0.2) is 49.2 Å². The topological polar surface area (TPSA) is 81.7 Å². The molecule has 26 heavy (non-hydrogen) atoms. The molecule has 0 saturated carbocycles. The number of hydrogen-bond donors (Lipinski definition) is 3. The van der Waals surface area contributed by atoms with Crippen LogP contribution < -0.4 is 15.5 Å². The molecule has 3 atom stereocenters. The molecular formula is C19H28ClN3O3. The highest BCUT2D eigenvalue weighted by atomic mass is 35.5. The molecule has 144 valence electrons. The summed E-state index contributed by atoms with van der Waals surface area (Å²) in [7, 11) is 0. The fourth-order valence-corrected chi connectivity index (χ4v) is 4.00. The van der Waals surface area contributed by atoms with Crippen molar-refractivity contribution in [2.75, 3.05) is 31.1 Å². The van der Waals surface area contributed by atoms with Crippen LogP contribution in [0.4, 0.5) is 5.69 Å². The van der Waals surface area contributed by atoms with Crippen LogP contribution in [0.15, 0.2) is 12.1 Å². The molecule has 3 rings (SSSR count). The fraction of sp³-hybridized carbons (Fsp3) is 0.579. The second kappa shape index (κ2) is 8.37. The first kappa shape index (κ1) is 20.7. The number of nitrogens with one attached hydrogen (secondary N) is 2. The monoisotopic (exact) mass is 381 g/mol. The number of carbonyl (C=O) groups excluding carboxylic acids is 2. The van der Waals surface area contributed by atoms with Gasteiger partial charge in [0.2, 0.25) is 11.8 Å². The van der Waals surface area contributed by atoms with E-state index < -0.39 is 6.10 Å². The Morgan fingerprint density at radius 1 is 1.27 bits per heavy atom. The van der Waals surface area contributed by atoms with Crippen molar-refractivity contribution in [2.24, 2.45) is 11.8 Å². The third-order valence-corrected chi connectivity index (χ3v) is 5.24. The van der Waals surface area contributed by atoms with E-state index >= 15 is 0 Å². The van der Waals surface area contributed by atoms with Crippen LogP contribution >= 0.6 is 12.4 Å². The van der Waals surface area contributed by atoms with Gasteiger partial charge < -0.3 is 20.6 Å². The lowest BCUT2D eigenvalue weighted by atomic mass is 10.0. The van der Waals surface area contributed by atoms with E-state index in [-0.39, 0.29) is 42.5 Å². The molecule has 3 unspecified atom stereocenters. The zero-order valence-corrected chi connectivity index (χ0v) is 16.4. The maximum Gasteiger partial charge on any atom is 0.227 e. The summed E-state index contributed by atoms with van der Waals surface area (Å²) in [6.45, 7) is 8.19. The van der Waals surface area contributed by atoms with Crippen LogP contribution in [-0.2, 0) is 9.59 Å². The van der Waals surface area contributed by atoms with Crippen LogP contribution in [0.3, 0.4) is 0 Å². The molecule has 7 heteroatoms. The lowest BCUT2D eigenvalue weighted by Crippen LogP contribution is -2.38. The molecule has 2 aliphatic heterocycles. The summed E-state index contributed by atoms with van der Waals surface area (Å²) in [6.07, 6.45) is -0.177. The minimum absolute atomic E-state index is 0. The van der Waals surface area contributed by atoms with Gasteiger partial charge in [-0.05, 0) is 31.9 Å². The minimum Gasteiger partial charge on any atom is -0.391 e. The Labute approximate surface area is 160 Å². The molecule has 2 amide bonds. The number of amides is 2. The van der Waals surface area contributed by atoms with Gasteiger partial charge in [-0.3, -0.25) is 9.59 Å². The predicted octanol–water partition coefficient (Wildman–Crippen LogP) is 1.08. The van der Waals surface area contributed by atoms with Crippen LogP contribution in [0.2, 0.25) is 0 Å². The summed E-state index contributed by atoms with van der Waals surface area (Å²) >= 11 is 0. The van der Waals surface area contributed by atoms with Crippen molar-refractivity contribution in [3.63, 3.8) is 0 Å². The summed E-state index contributed by atoms with van der Waals surface area (Å²) in [5.74, 6) is -0.395. The highest BCUT2D eigenvalue weighted by molar-refractivity contribution is 6.01. The van der Waals surface area contributed by atoms with Crippen molar-refractivity contribution in [1.82, 2.24) is 10.6 Å². The Morgan fingerprint density at radius 2 is 1.92 bits per heavy atom. The van der Waals surface area contributed by atoms with Gasteiger partial charge in [0, 0.05) is 44.2 Å². The van der Waals surface area contributed by atoms with Gasteiger partial charge in [-0.1, -0.05) is 17.7 Å². The van der Waals surface area contributed by atoms with E-state index in [0.717, 1.165) is 16.8 Å². The molecular weight excluding hydrogens is 354 g/mol. The summed E-state index contributed by atoms with van der Waals surface area (Å²) in [5.41, 5.74) is 4.23. The average molecular weight is 382 g/mol. The Morgan fingerprint density at radius 3 is 2.50 bits per heavy atom. The van der Waals surface area contributed by atoms with Crippen molar-refractivity contribution >= 4 is 29.9 Å². The molecule has 2 aliphatic rings. The minimum atomic E-state index is -0.417. The van der Waals surface area contributed by atoms with E-state index in [4.69, 9.17) is 0 Å². The number of benzene rings is 1. The Balaban J connectivity index is 0.00000243. The first-order valence-corrected chi connectivity index (χ1v) is 8.91. The van der Waals surface area contributed by atoms with Crippen molar-refractivity contribution in [3.8, 4) is 0 Å². The van der Waals surface area contributed by atoms with Crippen molar-refractivity contribution in [3.05, 3.63) is 28.8 Å². The summed E-state index contributed by atoms with van der Waals surface area (Å²) < 4.78 is 0. The standard InChI is InChI=1S/C19H27N3O3.ClH/c1-11-4-12(2)18(13(3)5-11)22-10-14(6-17(22)24)19(25)21-8-15-7-20-9-16(15)23;/h4-5,14-16,20,23H,6-10H2,1-3H3,(H,21,25);1H. The molecule has 0 bridgehead atoms. The van der Waals surface area contributed by atoms with E-state index in [1.165, 1.54) is 5.56 Å². The number of aliphatic hydroxyl groups is 1. The molecule has 0 aromatic heterocycles. The van der Waals surface area contributed by atoms with Crippen LogP contribution in [0.5, 0.6) is 0 Å². The van der Waals surface area contributed by atoms with E-state index in [1.54, 1.807) is 4.90 Å².